The molecule has 1 fully saturated rings. The third kappa shape index (κ3) is 12.1. The minimum Gasteiger partial charge on any atom is -0.388 e. The van der Waals surface area contributed by atoms with Crippen LogP contribution in [0.5, 0.6) is 0 Å². The molecule has 0 aromatic carbocycles. The summed E-state index contributed by atoms with van der Waals surface area (Å²) in [7, 11) is 0. The first-order valence-corrected chi connectivity index (χ1v) is 11.4. The van der Waals surface area contributed by atoms with Crippen LogP contribution in [-0.4, -0.2) is 59.6 Å². The molecule has 1 aliphatic rings. The summed E-state index contributed by atoms with van der Waals surface area (Å²) >= 11 is 0. The molecule has 0 unspecified atom stereocenters. The Bertz CT molecular complexity index is 326. The number of hydrogen-bond acceptors (Lipinski definition) is 5. The van der Waals surface area contributed by atoms with Gasteiger partial charge in [-0.1, -0.05) is 90.4 Å². The molecule has 0 saturated carbocycles. The van der Waals surface area contributed by atoms with Crippen LogP contribution in [0.3, 0.4) is 0 Å². The van der Waals surface area contributed by atoms with E-state index in [0.29, 0.717) is 6.61 Å². The molecular formula is C22H44O5. The summed E-state index contributed by atoms with van der Waals surface area (Å²) in [6, 6.07) is 0. The number of aliphatic hydroxyl groups is 3. The van der Waals surface area contributed by atoms with E-state index in [-0.39, 0.29) is 13.2 Å². The number of aliphatic hydroxyl groups excluding tert-OH is 3. The summed E-state index contributed by atoms with van der Waals surface area (Å²) < 4.78 is 10.7. The maximum atomic E-state index is 9.93. The maximum Gasteiger partial charge on any atom is 0.114 e. The standard InChI is InChI=1S/C22H44O5/c1-2-3-4-5-6-7-8-9-10-11-12-13-14-15-16-26-17-20(24)22-21(25)19(23)18-27-22/h19-25H,2-18H2,1H3/t19-,20+,21+,22+/m0/s1. The molecule has 0 amide bonds. The topological polar surface area (TPSA) is 79.2 Å². The third-order valence-electron chi connectivity index (χ3n) is 5.50. The van der Waals surface area contributed by atoms with Gasteiger partial charge in [-0.15, -0.1) is 0 Å². The van der Waals surface area contributed by atoms with E-state index in [4.69, 9.17) is 9.47 Å². The molecule has 0 bridgehead atoms. The van der Waals surface area contributed by atoms with Crippen molar-refractivity contribution in [3.05, 3.63) is 0 Å². The number of unbranched alkanes of at least 4 members (excludes halogenated alkanes) is 13. The molecule has 1 rings (SSSR count). The lowest BCUT2D eigenvalue weighted by molar-refractivity contribution is -0.0813. The summed E-state index contributed by atoms with van der Waals surface area (Å²) in [5, 5.41) is 29.0. The van der Waals surface area contributed by atoms with E-state index in [1.807, 2.05) is 0 Å². The Hall–Kier alpha value is -0.200. The van der Waals surface area contributed by atoms with Gasteiger partial charge in [0.2, 0.25) is 0 Å². The highest BCUT2D eigenvalue weighted by molar-refractivity contribution is 4.87. The van der Waals surface area contributed by atoms with Gasteiger partial charge in [0.25, 0.3) is 0 Å². The Balaban J connectivity index is 1.77. The molecule has 4 atom stereocenters. The van der Waals surface area contributed by atoms with Crippen LogP contribution in [0.25, 0.3) is 0 Å². The highest BCUT2D eigenvalue weighted by Crippen LogP contribution is 2.18. The normalized spacial score (nSPS) is 23.8. The lowest BCUT2D eigenvalue weighted by atomic mass is 10.0. The zero-order valence-electron chi connectivity index (χ0n) is 17.5. The summed E-state index contributed by atoms with van der Waals surface area (Å²) in [5.41, 5.74) is 0. The minimum absolute atomic E-state index is 0.0713. The van der Waals surface area contributed by atoms with Crippen LogP contribution in [0.4, 0.5) is 0 Å². The van der Waals surface area contributed by atoms with E-state index in [2.05, 4.69) is 6.92 Å². The van der Waals surface area contributed by atoms with Crippen molar-refractivity contribution in [1.29, 1.82) is 0 Å². The van der Waals surface area contributed by atoms with Gasteiger partial charge in [-0.3, -0.25) is 0 Å². The van der Waals surface area contributed by atoms with E-state index < -0.39 is 24.4 Å². The summed E-state index contributed by atoms with van der Waals surface area (Å²) in [6.45, 7) is 3.11. The molecule has 0 radical (unpaired) electrons. The Morgan fingerprint density at radius 1 is 0.815 bits per heavy atom. The van der Waals surface area contributed by atoms with Crippen molar-refractivity contribution in [3.8, 4) is 0 Å². The average Bonchev–Trinajstić information content (AvgIpc) is 3.00. The second kappa shape index (κ2) is 16.7. The minimum atomic E-state index is -1.02. The molecule has 1 saturated heterocycles. The molecule has 0 aromatic heterocycles. The Morgan fingerprint density at radius 3 is 1.74 bits per heavy atom. The Morgan fingerprint density at radius 2 is 1.30 bits per heavy atom. The second-order valence-corrected chi connectivity index (χ2v) is 8.09. The van der Waals surface area contributed by atoms with Crippen LogP contribution in [0.2, 0.25) is 0 Å². The van der Waals surface area contributed by atoms with Crippen molar-refractivity contribution in [2.24, 2.45) is 0 Å². The van der Waals surface area contributed by atoms with Crippen LogP contribution < -0.4 is 0 Å². The highest BCUT2D eigenvalue weighted by Gasteiger charge is 2.39. The van der Waals surface area contributed by atoms with Crippen molar-refractivity contribution < 1.29 is 24.8 Å². The molecule has 27 heavy (non-hydrogen) atoms. The molecule has 162 valence electrons. The first-order chi connectivity index (χ1) is 13.2. The van der Waals surface area contributed by atoms with E-state index in [1.165, 1.54) is 77.0 Å². The van der Waals surface area contributed by atoms with Gasteiger partial charge in [0.15, 0.2) is 0 Å². The fourth-order valence-corrected chi connectivity index (χ4v) is 3.66. The Kier molecular flexibility index (Phi) is 15.4. The predicted molar refractivity (Wildman–Crippen MR) is 109 cm³/mol. The van der Waals surface area contributed by atoms with E-state index >= 15 is 0 Å². The van der Waals surface area contributed by atoms with Gasteiger partial charge in [0.05, 0.1) is 13.2 Å². The van der Waals surface area contributed by atoms with Crippen LogP contribution in [0, 0.1) is 0 Å². The second-order valence-electron chi connectivity index (χ2n) is 8.09. The third-order valence-corrected chi connectivity index (χ3v) is 5.50. The van der Waals surface area contributed by atoms with E-state index in [0.717, 1.165) is 12.8 Å². The lowest BCUT2D eigenvalue weighted by Crippen LogP contribution is -2.40. The smallest absolute Gasteiger partial charge is 0.114 e. The van der Waals surface area contributed by atoms with Gasteiger partial charge in [0.1, 0.15) is 24.4 Å². The first kappa shape index (κ1) is 24.8. The monoisotopic (exact) mass is 388 g/mol. The fourth-order valence-electron chi connectivity index (χ4n) is 3.66. The quantitative estimate of drug-likeness (QED) is 0.310. The van der Waals surface area contributed by atoms with Crippen molar-refractivity contribution in [1.82, 2.24) is 0 Å². The molecule has 5 heteroatoms. The van der Waals surface area contributed by atoms with Gasteiger partial charge in [-0.25, -0.2) is 0 Å². The SMILES string of the molecule is CCCCCCCCCCCCCCCCOC[C@@H](O)[C@H]1OC[C@H](O)[C@H]1O. The molecule has 0 aliphatic carbocycles. The molecular weight excluding hydrogens is 344 g/mol. The van der Waals surface area contributed by atoms with Gasteiger partial charge >= 0.3 is 0 Å². The summed E-state index contributed by atoms with van der Waals surface area (Å²) in [6.07, 6.45) is 15.1. The Labute approximate surface area is 166 Å². The zero-order chi connectivity index (χ0) is 19.7. The van der Waals surface area contributed by atoms with Crippen molar-refractivity contribution in [3.63, 3.8) is 0 Å². The largest absolute Gasteiger partial charge is 0.388 e. The molecule has 1 heterocycles. The molecule has 5 nitrogen and oxygen atoms in total. The van der Waals surface area contributed by atoms with E-state index in [9.17, 15) is 15.3 Å². The van der Waals surface area contributed by atoms with Gasteiger partial charge in [0, 0.05) is 6.61 Å². The van der Waals surface area contributed by atoms with Gasteiger partial charge in [-0.2, -0.15) is 0 Å². The molecule has 0 aromatic rings. The zero-order valence-corrected chi connectivity index (χ0v) is 17.5. The van der Waals surface area contributed by atoms with Crippen molar-refractivity contribution in [2.75, 3.05) is 19.8 Å². The summed E-state index contributed by atoms with van der Waals surface area (Å²) in [4.78, 5) is 0. The number of hydrogen-bond donors (Lipinski definition) is 3. The molecule has 1 aliphatic heterocycles. The number of ether oxygens (including phenoxy) is 2. The highest BCUT2D eigenvalue weighted by atomic mass is 16.5. The first-order valence-electron chi connectivity index (χ1n) is 11.4. The van der Waals surface area contributed by atoms with E-state index in [1.54, 1.807) is 0 Å². The van der Waals surface area contributed by atoms with Crippen molar-refractivity contribution >= 4 is 0 Å². The van der Waals surface area contributed by atoms with Gasteiger partial charge < -0.3 is 24.8 Å². The van der Waals surface area contributed by atoms with Gasteiger partial charge in [-0.05, 0) is 6.42 Å². The predicted octanol–water partition coefficient (Wildman–Crippen LogP) is 3.97. The number of rotatable bonds is 18. The van der Waals surface area contributed by atoms with Crippen LogP contribution in [0.15, 0.2) is 0 Å². The summed E-state index contributed by atoms with van der Waals surface area (Å²) in [5.74, 6) is 0. The molecule has 3 N–H and O–H groups in total. The molecule has 0 spiro atoms. The van der Waals surface area contributed by atoms with Crippen LogP contribution >= 0.6 is 0 Å². The van der Waals surface area contributed by atoms with Crippen molar-refractivity contribution in [2.45, 2.75) is 121 Å². The van der Waals surface area contributed by atoms with Crippen LogP contribution in [0.1, 0.15) is 96.8 Å². The average molecular weight is 389 g/mol. The van der Waals surface area contributed by atoms with Crippen LogP contribution in [-0.2, 0) is 9.47 Å². The maximum absolute atomic E-state index is 9.93. The lowest BCUT2D eigenvalue weighted by Gasteiger charge is -2.20. The fraction of sp³-hybridized carbons (Fsp3) is 1.00.